The van der Waals surface area contributed by atoms with E-state index in [1.54, 1.807) is 0 Å². The first-order chi connectivity index (χ1) is 21.4. The topological polar surface area (TPSA) is 129 Å². The quantitative estimate of drug-likeness (QED) is 0.228. The summed E-state index contributed by atoms with van der Waals surface area (Å²) in [5.41, 5.74) is 11.8. The number of nitrogens with one attached hydrogen (secondary N) is 4. The summed E-state index contributed by atoms with van der Waals surface area (Å²) in [7, 11) is 2.80. The summed E-state index contributed by atoms with van der Waals surface area (Å²) in [4.78, 5) is 48.7. The van der Waals surface area contributed by atoms with Gasteiger partial charge in [-0.15, -0.1) is 0 Å². The van der Waals surface area contributed by atoms with E-state index in [4.69, 9.17) is 9.47 Å². The molecule has 2 aliphatic heterocycles. The summed E-state index contributed by atoms with van der Waals surface area (Å²) in [6.45, 7) is 14.3. The lowest BCUT2D eigenvalue weighted by Crippen LogP contribution is -2.21. The number of H-pyrrole nitrogens is 3. The van der Waals surface area contributed by atoms with Gasteiger partial charge in [-0.3, -0.25) is 14.4 Å². The lowest BCUT2D eigenvalue weighted by molar-refractivity contribution is -0.143. The number of fused-ring (bicyclic) bond motifs is 8. The minimum atomic E-state index is -0.603. The monoisotopic (exact) mass is 612 g/mol. The number of aromatic amines is 3. The van der Waals surface area contributed by atoms with Gasteiger partial charge in [0.05, 0.1) is 25.8 Å². The lowest BCUT2D eigenvalue weighted by Gasteiger charge is -2.22. The Bertz CT molecular complexity index is 1880. The van der Waals surface area contributed by atoms with Crippen molar-refractivity contribution in [3.8, 4) is 0 Å². The third kappa shape index (κ3) is 5.49. The van der Waals surface area contributed by atoms with E-state index in [0.717, 1.165) is 85.4 Å². The van der Waals surface area contributed by atoms with Gasteiger partial charge in [-0.25, -0.2) is 0 Å². The van der Waals surface area contributed by atoms with Gasteiger partial charge < -0.3 is 29.7 Å². The number of ether oxygens (including phenoxy) is 2. The largest absolute Gasteiger partial charge is 0.469 e. The predicted octanol–water partition coefficient (Wildman–Crippen LogP) is 4.62. The van der Waals surface area contributed by atoms with Crippen molar-refractivity contribution < 1.29 is 23.9 Å². The molecule has 3 unspecified atom stereocenters. The molecule has 5 rings (SSSR count). The highest BCUT2D eigenvalue weighted by Gasteiger charge is 2.38. The van der Waals surface area contributed by atoms with Crippen molar-refractivity contribution in [1.29, 1.82) is 0 Å². The van der Waals surface area contributed by atoms with Gasteiger partial charge in [-0.05, 0) is 93.5 Å². The van der Waals surface area contributed by atoms with Crippen molar-refractivity contribution in [2.75, 3.05) is 14.2 Å². The molecule has 238 valence electrons. The number of rotatable bonds is 7. The molecule has 0 spiro atoms. The lowest BCUT2D eigenvalue weighted by atomic mass is 9.83. The van der Waals surface area contributed by atoms with Gasteiger partial charge in [0.2, 0.25) is 0 Å². The molecule has 0 saturated carbocycles. The maximum atomic E-state index is 13.2. The predicted molar refractivity (Wildman–Crippen MR) is 176 cm³/mol. The minimum absolute atomic E-state index is 0.0303. The molecule has 0 aliphatic carbocycles. The van der Waals surface area contributed by atoms with Crippen LogP contribution in [0.2, 0.25) is 0 Å². The molecule has 9 heteroatoms. The van der Waals surface area contributed by atoms with Crippen LogP contribution in [0.25, 0.3) is 23.8 Å². The number of aldehydes is 1. The van der Waals surface area contributed by atoms with Crippen LogP contribution >= 0.6 is 0 Å². The smallest absolute Gasteiger partial charge is 0.312 e. The average molecular weight is 613 g/mol. The minimum Gasteiger partial charge on any atom is -0.469 e. The Labute approximate surface area is 263 Å². The molecule has 0 aromatic carbocycles. The van der Waals surface area contributed by atoms with Gasteiger partial charge >= 0.3 is 11.9 Å². The van der Waals surface area contributed by atoms with E-state index in [1.165, 1.54) is 19.8 Å². The Balaban J connectivity index is 1.91. The second-order valence-electron chi connectivity index (χ2n) is 12.3. The van der Waals surface area contributed by atoms with E-state index in [0.29, 0.717) is 12.0 Å². The highest BCUT2D eigenvalue weighted by atomic mass is 16.5. The summed E-state index contributed by atoms with van der Waals surface area (Å²) in [6, 6.07) is 0. The fourth-order valence-electron chi connectivity index (χ4n) is 6.95. The normalized spacial score (nSPS) is 18.0. The zero-order valence-corrected chi connectivity index (χ0v) is 27.7. The van der Waals surface area contributed by atoms with Crippen molar-refractivity contribution in [2.24, 2.45) is 17.8 Å². The molecule has 3 aromatic rings. The summed E-state index contributed by atoms with van der Waals surface area (Å²) in [6.07, 6.45) is 8.67. The van der Waals surface area contributed by atoms with Gasteiger partial charge in [-0.1, -0.05) is 13.8 Å². The third-order valence-electron chi connectivity index (χ3n) is 9.95. The zero-order chi connectivity index (χ0) is 32.7. The Hall–Kier alpha value is -4.53. The molecule has 1 saturated heterocycles. The Morgan fingerprint density at radius 3 is 2.22 bits per heavy atom. The van der Waals surface area contributed by atoms with Crippen LogP contribution in [0.15, 0.2) is 11.4 Å². The number of carbonyl (C=O) groups excluding carboxylic acids is 3. The van der Waals surface area contributed by atoms with Gasteiger partial charge in [0.25, 0.3) is 0 Å². The maximum Gasteiger partial charge on any atom is 0.312 e. The molecule has 3 atom stereocenters. The first-order valence-electron chi connectivity index (χ1n) is 15.6. The molecular formula is C36H44N4O5. The molecule has 5 heterocycles. The number of esters is 2. The van der Waals surface area contributed by atoms with E-state index in [2.05, 4.69) is 61.0 Å². The third-order valence-corrected chi connectivity index (χ3v) is 9.95. The van der Waals surface area contributed by atoms with Crippen LogP contribution in [0, 0.1) is 45.4 Å². The summed E-state index contributed by atoms with van der Waals surface area (Å²) in [5, 5.41) is 5.61. The SMILES string of the molecule is CCc1c(C)c2[nH]c1=Cc1[nH]c(c(C)c1C)C(C(C)C(=O)OC)=C1NC(=Cc3[nH]c(c(C=O)c3C)C=2)C(C)C1CCC(=O)OC. The summed E-state index contributed by atoms with van der Waals surface area (Å²) < 4.78 is 10.3. The number of hydrogen-bond acceptors (Lipinski definition) is 6. The Morgan fingerprint density at radius 1 is 0.889 bits per heavy atom. The van der Waals surface area contributed by atoms with Crippen LogP contribution in [0.1, 0.15) is 94.6 Å². The zero-order valence-electron chi connectivity index (χ0n) is 27.7. The van der Waals surface area contributed by atoms with E-state index in [9.17, 15) is 14.4 Å². The molecule has 0 radical (unpaired) electrons. The average Bonchev–Trinajstić information content (AvgIpc) is 3.69. The highest BCUT2D eigenvalue weighted by molar-refractivity contribution is 5.90. The number of methoxy groups -OCH3 is 2. The van der Waals surface area contributed by atoms with Crippen LogP contribution < -0.4 is 16.0 Å². The van der Waals surface area contributed by atoms with Gasteiger partial charge in [0.1, 0.15) is 0 Å². The Morgan fingerprint density at radius 2 is 1.58 bits per heavy atom. The van der Waals surface area contributed by atoms with Crippen molar-refractivity contribution in [3.63, 3.8) is 0 Å². The maximum absolute atomic E-state index is 13.2. The number of aromatic nitrogens is 3. The second-order valence-corrected chi connectivity index (χ2v) is 12.3. The molecule has 1 fully saturated rings. The van der Waals surface area contributed by atoms with Crippen LogP contribution in [0.5, 0.6) is 0 Å². The van der Waals surface area contributed by atoms with Gasteiger partial charge in [-0.2, -0.15) is 0 Å². The van der Waals surface area contributed by atoms with Crippen LogP contribution in [-0.2, 0) is 25.5 Å². The van der Waals surface area contributed by atoms with Gasteiger partial charge in [0.15, 0.2) is 6.29 Å². The first kappa shape index (κ1) is 31.9. The van der Waals surface area contributed by atoms with Crippen molar-refractivity contribution in [2.45, 2.75) is 67.7 Å². The first-order valence-corrected chi connectivity index (χ1v) is 15.6. The number of hydrogen-bond donors (Lipinski definition) is 4. The molecule has 2 aliphatic rings. The van der Waals surface area contributed by atoms with Crippen LogP contribution in [-0.4, -0.2) is 47.4 Å². The molecule has 4 N–H and O–H groups in total. The van der Waals surface area contributed by atoms with E-state index in [1.807, 2.05) is 26.0 Å². The molecule has 0 amide bonds. The molecule has 8 bridgehead atoms. The van der Waals surface area contributed by atoms with E-state index in [-0.39, 0.29) is 30.2 Å². The van der Waals surface area contributed by atoms with E-state index < -0.39 is 5.92 Å². The van der Waals surface area contributed by atoms with Crippen molar-refractivity contribution in [3.05, 3.63) is 78.2 Å². The molecular weight excluding hydrogens is 568 g/mol. The van der Waals surface area contributed by atoms with Crippen molar-refractivity contribution in [1.82, 2.24) is 20.3 Å². The summed E-state index contributed by atoms with van der Waals surface area (Å²) in [5.74, 6) is -1.38. The van der Waals surface area contributed by atoms with Gasteiger partial charge in [0, 0.05) is 68.6 Å². The summed E-state index contributed by atoms with van der Waals surface area (Å²) >= 11 is 0. The fourth-order valence-corrected chi connectivity index (χ4v) is 6.95. The molecule has 3 aromatic heterocycles. The second kappa shape index (κ2) is 12.5. The molecule has 45 heavy (non-hydrogen) atoms. The van der Waals surface area contributed by atoms with Crippen LogP contribution in [0.4, 0.5) is 0 Å². The highest BCUT2D eigenvalue weighted by Crippen LogP contribution is 2.44. The van der Waals surface area contributed by atoms with Crippen molar-refractivity contribution >= 4 is 42.0 Å². The number of carbonyl (C=O) groups is 3. The standard InChI is InChI=1S/C36H44N4O5/c1-10-23-19(4)28-15-31-25(16-41)21(6)27(38-31)13-29-20(5)24(11-12-32(42)44-8)35(40-29)33(22(7)36(43)45-9)34-18(3)17(2)26(39-34)14-30(23)37-28/h13-16,20,22,24,37-40H,10-12H2,1-9H3. The van der Waals surface area contributed by atoms with Crippen LogP contribution in [0.3, 0.4) is 0 Å². The molecule has 9 nitrogen and oxygen atoms in total. The fraction of sp³-hybridized carbons (Fsp3) is 0.417. The Kier molecular flexibility index (Phi) is 8.83. The number of allylic oxidation sites excluding steroid dienone is 2. The van der Waals surface area contributed by atoms with E-state index >= 15 is 0 Å².